The first kappa shape index (κ1) is 21.4. The standard InChI is InChI=1S/C24H29N7O2/c1-15-21-12-23(27-20-11-19(18-4-5-18)14-29(3)24(20)33)28-31(21)9-8-30(15)13-17-6-7-25-22(10-17)26-16(2)32/h6-7,10-12,14-15,18H,4-5,8-9,13H2,1-3H3,(H,27,28)(H,25,26,32)/t15-/m1/s1. The molecule has 2 N–H and O–H groups in total. The number of fused-ring (bicyclic) bond motifs is 1. The van der Waals surface area contributed by atoms with Crippen LogP contribution >= 0.6 is 0 Å². The van der Waals surface area contributed by atoms with Crippen LogP contribution in [-0.2, 0) is 24.9 Å². The van der Waals surface area contributed by atoms with Crippen molar-refractivity contribution in [3.05, 3.63) is 63.8 Å². The highest BCUT2D eigenvalue weighted by atomic mass is 16.1. The Balaban J connectivity index is 1.33. The molecule has 1 fully saturated rings. The maximum atomic E-state index is 12.7. The first-order valence-electron chi connectivity index (χ1n) is 11.4. The largest absolute Gasteiger partial charge is 0.334 e. The van der Waals surface area contributed by atoms with Gasteiger partial charge in [-0.3, -0.25) is 19.2 Å². The first-order chi connectivity index (χ1) is 15.9. The number of amides is 1. The van der Waals surface area contributed by atoms with Crippen molar-refractivity contribution < 1.29 is 4.79 Å². The second-order valence-electron chi connectivity index (χ2n) is 9.06. The third kappa shape index (κ3) is 4.54. The molecule has 0 saturated heterocycles. The van der Waals surface area contributed by atoms with E-state index in [-0.39, 0.29) is 17.5 Å². The van der Waals surface area contributed by atoms with Gasteiger partial charge in [0, 0.05) is 51.6 Å². The lowest BCUT2D eigenvalue weighted by Crippen LogP contribution is -2.36. The molecular weight excluding hydrogens is 418 g/mol. The molecule has 1 saturated carbocycles. The number of aryl methyl sites for hydroxylation is 1. The predicted molar refractivity (Wildman–Crippen MR) is 127 cm³/mol. The fourth-order valence-electron chi connectivity index (χ4n) is 4.49. The topological polar surface area (TPSA) is 97.1 Å². The highest BCUT2D eigenvalue weighted by molar-refractivity contribution is 5.87. The summed E-state index contributed by atoms with van der Waals surface area (Å²) in [5.41, 5.74) is 3.93. The number of hydrogen-bond donors (Lipinski definition) is 2. The zero-order valence-corrected chi connectivity index (χ0v) is 19.2. The number of anilines is 3. The third-order valence-corrected chi connectivity index (χ3v) is 6.42. The Hall–Kier alpha value is -3.46. The summed E-state index contributed by atoms with van der Waals surface area (Å²) in [7, 11) is 1.80. The average Bonchev–Trinajstić information content (AvgIpc) is 3.53. The smallest absolute Gasteiger partial charge is 0.274 e. The van der Waals surface area contributed by atoms with Crippen LogP contribution in [0.15, 0.2) is 41.5 Å². The van der Waals surface area contributed by atoms with Crippen LogP contribution < -0.4 is 16.2 Å². The highest BCUT2D eigenvalue weighted by Gasteiger charge is 2.27. The van der Waals surface area contributed by atoms with Gasteiger partial charge < -0.3 is 15.2 Å². The van der Waals surface area contributed by atoms with Crippen molar-refractivity contribution in [1.29, 1.82) is 0 Å². The number of carbonyl (C=O) groups excluding carboxylic acids is 1. The van der Waals surface area contributed by atoms with Gasteiger partial charge in [-0.2, -0.15) is 5.10 Å². The van der Waals surface area contributed by atoms with E-state index in [0.29, 0.717) is 23.2 Å². The van der Waals surface area contributed by atoms with Crippen LogP contribution in [0.3, 0.4) is 0 Å². The number of nitrogens with zero attached hydrogens (tertiary/aromatic N) is 5. The molecule has 9 nitrogen and oxygen atoms in total. The van der Waals surface area contributed by atoms with Gasteiger partial charge in [-0.05, 0) is 55.0 Å². The molecule has 3 aromatic rings. The Kier molecular flexibility index (Phi) is 5.49. The minimum Gasteiger partial charge on any atom is -0.334 e. The Morgan fingerprint density at radius 3 is 2.76 bits per heavy atom. The molecule has 0 spiro atoms. The van der Waals surface area contributed by atoms with E-state index in [0.717, 1.165) is 30.9 Å². The van der Waals surface area contributed by atoms with E-state index in [1.54, 1.807) is 17.8 Å². The van der Waals surface area contributed by atoms with Crippen molar-refractivity contribution in [3.8, 4) is 0 Å². The lowest BCUT2D eigenvalue weighted by atomic mass is 10.1. The summed E-state index contributed by atoms with van der Waals surface area (Å²) in [6, 6.07) is 8.05. The minimum atomic E-state index is -0.132. The Morgan fingerprint density at radius 1 is 1.18 bits per heavy atom. The predicted octanol–water partition coefficient (Wildman–Crippen LogP) is 3.13. The van der Waals surface area contributed by atoms with Crippen molar-refractivity contribution in [2.24, 2.45) is 7.05 Å². The average molecular weight is 448 g/mol. The SMILES string of the molecule is CC(=O)Nc1cc(CN2CCn3nc(Nc4cc(C5CC5)cn(C)c4=O)cc3[C@H]2C)ccn1. The summed E-state index contributed by atoms with van der Waals surface area (Å²) >= 11 is 0. The van der Waals surface area contributed by atoms with E-state index in [1.165, 1.54) is 25.3 Å². The molecule has 3 aromatic heterocycles. The molecule has 2 aliphatic rings. The molecule has 0 bridgehead atoms. The van der Waals surface area contributed by atoms with E-state index in [1.807, 2.05) is 35.1 Å². The van der Waals surface area contributed by atoms with Crippen molar-refractivity contribution in [2.75, 3.05) is 17.2 Å². The molecule has 0 radical (unpaired) electrons. The summed E-state index contributed by atoms with van der Waals surface area (Å²) < 4.78 is 3.67. The Morgan fingerprint density at radius 2 is 2.00 bits per heavy atom. The van der Waals surface area contributed by atoms with Gasteiger partial charge in [0.25, 0.3) is 5.56 Å². The Labute approximate surface area is 192 Å². The van der Waals surface area contributed by atoms with E-state index < -0.39 is 0 Å². The zero-order chi connectivity index (χ0) is 23.1. The molecule has 0 aromatic carbocycles. The molecule has 4 heterocycles. The normalized spacial score (nSPS) is 18.1. The maximum Gasteiger partial charge on any atom is 0.274 e. The van der Waals surface area contributed by atoms with Crippen LogP contribution in [0.4, 0.5) is 17.3 Å². The van der Waals surface area contributed by atoms with E-state index in [4.69, 9.17) is 5.10 Å². The van der Waals surface area contributed by atoms with Crippen LogP contribution in [0.5, 0.6) is 0 Å². The molecule has 1 aliphatic carbocycles. The second-order valence-corrected chi connectivity index (χ2v) is 9.06. The van der Waals surface area contributed by atoms with Crippen LogP contribution in [0.1, 0.15) is 55.5 Å². The summed E-state index contributed by atoms with van der Waals surface area (Å²) in [6.07, 6.45) is 6.04. The molecule has 1 amide bonds. The summed E-state index contributed by atoms with van der Waals surface area (Å²) in [5, 5.41) is 10.7. The molecule has 172 valence electrons. The number of hydrogen-bond acceptors (Lipinski definition) is 6. The maximum absolute atomic E-state index is 12.7. The van der Waals surface area contributed by atoms with Gasteiger partial charge in [0.1, 0.15) is 11.5 Å². The van der Waals surface area contributed by atoms with Crippen molar-refractivity contribution in [3.63, 3.8) is 0 Å². The zero-order valence-electron chi connectivity index (χ0n) is 19.2. The molecule has 33 heavy (non-hydrogen) atoms. The van der Waals surface area contributed by atoms with Gasteiger partial charge in [0.05, 0.1) is 12.2 Å². The van der Waals surface area contributed by atoms with Crippen LogP contribution in [0.25, 0.3) is 0 Å². The number of nitrogens with one attached hydrogen (secondary N) is 2. The minimum absolute atomic E-state index is 0.0484. The van der Waals surface area contributed by atoms with Crippen LogP contribution in [0.2, 0.25) is 0 Å². The van der Waals surface area contributed by atoms with E-state index in [9.17, 15) is 9.59 Å². The fourth-order valence-corrected chi connectivity index (χ4v) is 4.49. The lowest BCUT2D eigenvalue weighted by molar-refractivity contribution is -0.114. The molecular formula is C24H29N7O2. The molecule has 1 atom stereocenters. The lowest BCUT2D eigenvalue weighted by Gasteiger charge is -2.33. The van der Waals surface area contributed by atoms with Crippen LogP contribution in [-0.4, -0.2) is 36.7 Å². The van der Waals surface area contributed by atoms with Crippen molar-refractivity contribution in [1.82, 2.24) is 24.2 Å². The quantitative estimate of drug-likeness (QED) is 0.603. The van der Waals surface area contributed by atoms with Gasteiger partial charge in [-0.25, -0.2) is 4.98 Å². The summed E-state index contributed by atoms with van der Waals surface area (Å²) in [5.74, 6) is 1.70. The molecule has 9 heteroatoms. The van der Waals surface area contributed by atoms with Crippen molar-refractivity contribution in [2.45, 2.75) is 51.7 Å². The molecule has 5 rings (SSSR count). The van der Waals surface area contributed by atoms with Gasteiger partial charge in [0.2, 0.25) is 5.91 Å². The van der Waals surface area contributed by atoms with Gasteiger partial charge in [0.15, 0.2) is 5.82 Å². The van der Waals surface area contributed by atoms with Gasteiger partial charge in [-0.15, -0.1) is 0 Å². The number of pyridine rings is 2. The Bertz CT molecular complexity index is 1260. The number of carbonyl (C=O) groups is 1. The summed E-state index contributed by atoms with van der Waals surface area (Å²) in [6.45, 7) is 6.01. The third-order valence-electron chi connectivity index (χ3n) is 6.42. The first-order valence-corrected chi connectivity index (χ1v) is 11.4. The highest BCUT2D eigenvalue weighted by Crippen LogP contribution is 2.40. The molecule has 1 aliphatic heterocycles. The van der Waals surface area contributed by atoms with Crippen LogP contribution in [0, 0.1) is 0 Å². The van der Waals surface area contributed by atoms with Gasteiger partial charge >= 0.3 is 0 Å². The number of rotatable bonds is 6. The van der Waals surface area contributed by atoms with E-state index in [2.05, 4.69) is 27.4 Å². The molecule has 0 unspecified atom stereocenters. The van der Waals surface area contributed by atoms with E-state index >= 15 is 0 Å². The van der Waals surface area contributed by atoms with Crippen molar-refractivity contribution >= 4 is 23.2 Å². The summed E-state index contributed by atoms with van der Waals surface area (Å²) in [4.78, 5) is 30.6. The fraction of sp³-hybridized carbons (Fsp3) is 0.417. The second kappa shape index (κ2) is 8.47. The number of aromatic nitrogens is 4. The van der Waals surface area contributed by atoms with Gasteiger partial charge in [-0.1, -0.05) is 0 Å². The monoisotopic (exact) mass is 447 g/mol.